The average molecular weight is 633 g/mol. The first-order valence-electron chi connectivity index (χ1n) is 15.5. The van der Waals surface area contributed by atoms with Gasteiger partial charge in [0.25, 0.3) is 5.91 Å². The highest BCUT2D eigenvalue weighted by atomic mass is 19.4. The summed E-state index contributed by atoms with van der Waals surface area (Å²) in [5, 5.41) is 12.3. The van der Waals surface area contributed by atoms with Crippen molar-refractivity contribution in [3.8, 4) is 17.1 Å². The normalized spacial score (nSPS) is 21.6. The summed E-state index contributed by atoms with van der Waals surface area (Å²) in [5.41, 5.74) is -0.747. The van der Waals surface area contributed by atoms with E-state index < -0.39 is 35.5 Å². The van der Waals surface area contributed by atoms with Crippen LogP contribution in [-0.4, -0.2) is 100 Å². The summed E-state index contributed by atoms with van der Waals surface area (Å²) >= 11 is 0. The second-order valence-corrected chi connectivity index (χ2v) is 11.8. The van der Waals surface area contributed by atoms with Gasteiger partial charge in [0.05, 0.1) is 23.6 Å². The zero-order valence-corrected chi connectivity index (χ0v) is 25.5. The number of ether oxygens (including phenoxy) is 1. The summed E-state index contributed by atoms with van der Waals surface area (Å²) in [4.78, 5) is 52.3. The van der Waals surface area contributed by atoms with Gasteiger partial charge in [-0.2, -0.15) is 13.2 Å². The van der Waals surface area contributed by atoms with E-state index in [-0.39, 0.29) is 50.8 Å². The number of amides is 3. The zero-order valence-electron chi connectivity index (χ0n) is 25.5. The number of hydrogen-bond acceptors (Lipinski definition) is 7. The quantitative estimate of drug-likeness (QED) is 0.433. The van der Waals surface area contributed by atoms with Gasteiger partial charge in [0.2, 0.25) is 11.8 Å². The maximum Gasteiger partial charge on any atom is 0.407 e. The molecule has 2 N–H and O–H groups in total. The Morgan fingerprint density at radius 2 is 1.82 bits per heavy atom. The lowest BCUT2D eigenvalue weighted by Crippen LogP contribution is -2.60. The van der Waals surface area contributed by atoms with Crippen LogP contribution in [0.15, 0.2) is 30.5 Å². The van der Waals surface area contributed by atoms with Gasteiger partial charge in [-0.05, 0) is 56.9 Å². The summed E-state index contributed by atoms with van der Waals surface area (Å²) in [6, 6.07) is 6.24. The van der Waals surface area contributed by atoms with Crippen LogP contribution in [0.2, 0.25) is 0 Å². The lowest BCUT2D eigenvalue weighted by Gasteiger charge is -2.45. The largest absolute Gasteiger partial charge is 0.477 e. The molecule has 2 saturated heterocycles. The topological polar surface area (TPSA) is 128 Å². The number of nitrogens with one attached hydrogen (secondary N) is 1. The van der Waals surface area contributed by atoms with Gasteiger partial charge in [0, 0.05) is 51.0 Å². The highest BCUT2D eigenvalue weighted by Crippen LogP contribution is 2.52. The number of likely N-dealkylation sites (tertiary alicyclic amines) is 1. The standard InChI is InChI=1S/C31H39F3N6O5/c1-3-21-19-38(28(42)30(31(32,33)34)12-5-6-13-30)16-17-40(21)24-10-9-23(22-8-7-14-35-27(22)45-4-2)37-25(24)26(41)36-20-11-15-39(18-20)29(43)44/h7-10,14,20-21H,3-6,11-13,15-19H2,1-2H3,(H,36,41)(H,43,44)/t20-,21-/m1/s1. The first-order valence-corrected chi connectivity index (χ1v) is 15.5. The molecule has 0 aromatic carbocycles. The molecule has 2 aromatic rings. The molecule has 5 rings (SSSR count). The third kappa shape index (κ3) is 6.36. The Hall–Kier alpha value is -4.10. The van der Waals surface area contributed by atoms with Crippen molar-refractivity contribution in [3.63, 3.8) is 0 Å². The third-order valence-electron chi connectivity index (χ3n) is 9.17. The smallest absolute Gasteiger partial charge is 0.407 e. The number of carboxylic acid groups (broad SMARTS) is 1. The van der Waals surface area contributed by atoms with Crippen LogP contribution in [0, 0.1) is 5.41 Å². The highest BCUT2D eigenvalue weighted by Gasteiger charge is 2.62. The SMILES string of the molecule is CCOc1ncccc1-c1ccc(N2CCN(C(=O)C3(C(F)(F)F)CCCC3)C[C@H]2CC)c(C(=O)N[C@@H]2CCN(C(=O)O)C2)n1. The van der Waals surface area contributed by atoms with E-state index in [4.69, 9.17) is 9.72 Å². The van der Waals surface area contributed by atoms with Crippen LogP contribution in [0.5, 0.6) is 5.88 Å². The Balaban J connectivity index is 1.46. The number of piperazine rings is 1. The molecule has 3 fully saturated rings. The maximum absolute atomic E-state index is 14.2. The molecular weight excluding hydrogens is 593 g/mol. The molecule has 3 amide bonds. The third-order valence-corrected chi connectivity index (χ3v) is 9.17. The fraction of sp³-hybridized carbons (Fsp3) is 0.581. The molecule has 244 valence electrons. The highest BCUT2D eigenvalue weighted by molar-refractivity contribution is 5.99. The monoisotopic (exact) mass is 632 g/mol. The lowest BCUT2D eigenvalue weighted by atomic mass is 9.83. The molecule has 0 bridgehead atoms. The van der Waals surface area contributed by atoms with Crippen molar-refractivity contribution in [2.45, 2.75) is 70.6 Å². The van der Waals surface area contributed by atoms with Gasteiger partial charge < -0.3 is 29.9 Å². The fourth-order valence-corrected chi connectivity index (χ4v) is 6.75. The number of alkyl halides is 3. The molecule has 1 aliphatic carbocycles. The van der Waals surface area contributed by atoms with Crippen LogP contribution < -0.4 is 15.0 Å². The van der Waals surface area contributed by atoms with E-state index in [9.17, 15) is 32.7 Å². The molecule has 2 aliphatic heterocycles. The number of anilines is 1. The Labute approximate surface area is 259 Å². The molecule has 0 unspecified atom stereocenters. The summed E-state index contributed by atoms with van der Waals surface area (Å²) in [6.07, 6.45) is -2.78. The van der Waals surface area contributed by atoms with Crippen molar-refractivity contribution in [3.05, 3.63) is 36.2 Å². The van der Waals surface area contributed by atoms with Crippen molar-refractivity contribution < 1.29 is 37.4 Å². The summed E-state index contributed by atoms with van der Waals surface area (Å²) < 4.78 is 48.3. The molecule has 3 aliphatic rings. The van der Waals surface area contributed by atoms with Crippen molar-refractivity contribution in [2.75, 3.05) is 44.2 Å². The molecule has 2 aromatic heterocycles. The van der Waals surface area contributed by atoms with Gasteiger partial charge in [-0.15, -0.1) is 0 Å². The molecule has 2 atom stereocenters. The van der Waals surface area contributed by atoms with Gasteiger partial charge >= 0.3 is 12.3 Å². The van der Waals surface area contributed by atoms with Gasteiger partial charge in [-0.1, -0.05) is 19.8 Å². The number of carbonyl (C=O) groups excluding carboxylic acids is 2. The average Bonchev–Trinajstić information content (AvgIpc) is 3.72. The van der Waals surface area contributed by atoms with Crippen molar-refractivity contribution >= 4 is 23.6 Å². The Bertz CT molecular complexity index is 1420. The first kappa shape index (κ1) is 32.3. The summed E-state index contributed by atoms with van der Waals surface area (Å²) in [6.45, 7) is 4.90. The van der Waals surface area contributed by atoms with Gasteiger partial charge in [0.15, 0.2) is 5.69 Å². The Morgan fingerprint density at radius 1 is 1.07 bits per heavy atom. The number of hydrogen-bond donors (Lipinski definition) is 2. The predicted octanol–water partition coefficient (Wildman–Crippen LogP) is 4.57. The van der Waals surface area contributed by atoms with Crippen molar-refractivity contribution in [1.29, 1.82) is 0 Å². The molecule has 11 nitrogen and oxygen atoms in total. The van der Waals surface area contributed by atoms with Crippen LogP contribution in [0.25, 0.3) is 11.3 Å². The van der Waals surface area contributed by atoms with E-state index in [2.05, 4.69) is 10.3 Å². The van der Waals surface area contributed by atoms with E-state index in [1.807, 2.05) is 18.7 Å². The van der Waals surface area contributed by atoms with E-state index in [0.29, 0.717) is 61.7 Å². The Morgan fingerprint density at radius 3 is 2.47 bits per heavy atom. The minimum atomic E-state index is -4.62. The minimum Gasteiger partial charge on any atom is -0.477 e. The molecule has 45 heavy (non-hydrogen) atoms. The van der Waals surface area contributed by atoms with E-state index in [1.54, 1.807) is 30.5 Å². The summed E-state index contributed by atoms with van der Waals surface area (Å²) in [5.74, 6) is -1.01. The van der Waals surface area contributed by atoms with Gasteiger partial charge in [0.1, 0.15) is 5.41 Å². The van der Waals surface area contributed by atoms with Crippen LogP contribution in [-0.2, 0) is 4.79 Å². The summed E-state index contributed by atoms with van der Waals surface area (Å²) in [7, 11) is 0. The number of aromatic nitrogens is 2. The van der Waals surface area contributed by atoms with Crippen LogP contribution >= 0.6 is 0 Å². The number of rotatable bonds is 8. The van der Waals surface area contributed by atoms with Gasteiger partial charge in [-0.25, -0.2) is 14.8 Å². The molecular formula is C31H39F3N6O5. The minimum absolute atomic E-state index is 0.0727. The second-order valence-electron chi connectivity index (χ2n) is 11.8. The molecule has 1 saturated carbocycles. The number of carbonyl (C=O) groups is 3. The molecule has 14 heteroatoms. The first-order chi connectivity index (χ1) is 21.5. The number of pyridine rings is 2. The zero-order chi connectivity index (χ0) is 32.4. The molecule has 4 heterocycles. The molecule has 0 spiro atoms. The van der Waals surface area contributed by atoms with E-state index in [1.165, 1.54) is 9.80 Å². The predicted molar refractivity (Wildman–Crippen MR) is 159 cm³/mol. The fourth-order valence-electron chi connectivity index (χ4n) is 6.75. The number of halogens is 3. The molecule has 0 radical (unpaired) electrons. The number of nitrogens with zero attached hydrogens (tertiary/aromatic N) is 5. The lowest BCUT2D eigenvalue weighted by molar-refractivity contribution is -0.226. The van der Waals surface area contributed by atoms with E-state index >= 15 is 0 Å². The van der Waals surface area contributed by atoms with Crippen molar-refractivity contribution in [1.82, 2.24) is 25.1 Å². The van der Waals surface area contributed by atoms with Crippen LogP contribution in [0.3, 0.4) is 0 Å². The van der Waals surface area contributed by atoms with Crippen LogP contribution in [0.4, 0.5) is 23.7 Å². The Kier molecular flexibility index (Phi) is 9.40. The van der Waals surface area contributed by atoms with E-state index in [0.717, 1.165) is 0 Å². The maximum atomic E-state index is 14.2. The van der Waals surface area contributed by atoms with Crippen LogP contribution in [0.1, 0.15) is 62.9 Å². The van der Waals surface area contributed by atoms with Gasteiger partial charge in [-0.3, -0.25) is 9.59 Å². The van der Waals surface area contributed by atoms with Crippen molar-refractivity contribution in [2.24, 2.45) is 5.41 Å². The second kappa shape index (κ2) is 13.1.